The van der Waals surface area contributed by atoms with Crippen molar-refractivity contribution in [1.29, 1.82) is 0 Å². The van der Waals surface area contributed by atoms with E-state index in [1.807, 2.05) is 25.3 Å². The number of hydrogen-bond acceptors (Lipinski definition) is 6. The summed E-state index contributed by atoms with van der Waals surface area (Å²) in [5.74, 6) is 2.59. The minimum Gasteiger partial charge on any atom is -0.356 e. The number of nitrogens with zero attached hydrogens (tertiary/aromatic N) is 5. The van der Waals surface area contributed by atoms with Gasteiger partial charge in [-0.3, -0.25) is 0 Å². The summed E-state index contributed by atoms with van der Waals surface area (Å²) in [6.45, 7) is 5.55. The largest absolute Gasteiger partial charge is 0.356 e. The molecule has 5 rings (SSSR count). The minimum absolute atomic E-state index is 0.324. The van der Waals surface area contributed by atoms with Gasteiger partial charge in [0.25, 0.3) is 10.0 Å². The number of sulfonamides is 1. The zero-order chi connectivity index (χ0) is 17.9. The number of aromatic nitrogens is 2. The summed E-state index contributed by atoms with van der Waals surface area (Å²) in [4.78, 5) is 13.3. The molecular weight excluding hydrogens is 350 g/mol. The first-order chi connectivity index (χ1) is 12.5. The van der Waals surface area contributed by atoms with Gasteiger partial charge < -0.3 is 9.80 Å². The summed E-state index contributed by atoms with van der Waals surface area (Å²) in [6.07, 6.45) is 3.44. The Bertz CT molecular complexity index is 1010. The van der Waals surface area contributed by atoms with E-state index in [9.17, 15) is 8.42 Å². The molecule has 8 heteroatoms. The highest BCUT2D eigenvalue weighted by atomic mass is 32.2. The van der Waals surface area contributed by atoms with E-state index in [0.29, 0.717) is 22.6 Å². The summed E-state index contributed by atoms with van der Waals surface area (Å²) in [5.41, 5.74) is 1.82. The number of likely N-dealkylation sites (tertiary alicyclic amines) is 1. The van der Waals surface area contributed by atoms with Crippen LogP contribution in [0.3, 0.4) is 0 Å². The van der Waals surface area contributed by atoms with Gasteiger partial charge in [-0.05, 0) is 19.1 Å². The summed E-state index contributed by atoms with van der Waals surface area (Å²) >= 11 is 0. The number of benzene rings is 1. The van der Waals surface area contributed by atoms with Crippen molar-refractivity contribution < 1.29 is 8.42 Å². The number of aryl methyl sites for hydroxylation is 1. The third kappa shape index (κ3) is 2.32. The lowest BCUT2D eigenvalue weighted by Crippen LogP contribution is -2.33. The molecular formula is C18H19N5O2S. The number of amidine groups is 1. The minimum atomic E-state index is -3.56. The van der Waals surface area contributed by atoms with Crippen LogP contribution in [0.2, 0.25) is 0 Å². The molecule has 2 saturated heterocycles. The van der Waals surface area contributed by atoms with Crippen LogP contribution in [0.5, 0.6) is 0 Å². The van der Waals surface area contributed by atoms with Gasteiger partial charge in [-0.1, -0.05) is 12.1 Å². The lowest BCUT2D eigenvalue weighted by atomic mass is 10.0. The molecule has 2 atom stereocenters. The Morgan fingerprint density at radius 1 is 1.04 bits per heavy atom. The fourth-order valence-electron chi connectivity index (χ4n) is 4.38. The Balaban J connectivity index is 1.38. The van der Waals surface area contributed by atoms with Crippen LogP contribution in [-0.4, -0.2) is 55.3 Å². The monoisotopic (exact) mass is 369 g/mol. The maximum Gasteiger partial charge on any atom is 0.285 e. The predicted octanol–water partition coefficient (Wildman–Crippen LogP) is 1.30. The third-order valence-electron chi connectivity index (χ3n) is 5.57. The normalized spacial score (nSPS) is 26.0. The molecule has 2 unspecified atom stereocenters. The Morgan fingerprint density at radius 3 is 2.46 bits per heavy atom. The van der Waals surface area contributed by atoms with Crippen molar-refractivity contribution in [2.45, 2.75) is 11.8 Å². The maximum atomic E-state index is 12.3. The lowest BCUT2D eigenvalue weighted by molar-refractivity contribution is 0.478. The molecule has 134 valence electrons. The fourth-order valence-corrected chi connectivity index (χ4v) is 5.61. The lowest BCUT2D eigenvalue weighted by Gasteiger charge is -2.24. The number of fused-ring (bicyclic) bond motifs is 2. The number of hydrogen-bond donors (Lipinski definition) is 0. The molecule has 3 aliphatic rings. The SMILES string of the molecule is Cc1cncnc1N1CC2CN(C3=NS(=O)(=O)c4ccccc43)CC2C1. The summed E-state index contributed by atoms with van der Waals surface area (Å²) in [5, 5.41) is 0. The van der Waals surface area contributed by atoms with E-state index in [0.717, 1.165) is 43.1 Å². The fraction of sp³-hybridized carbons (Fsp3) is 0.389. The van der Waals surface area contributed by atoms with Crippen LogP contribution in [0, 0.1) is 18.8 Å². The predicted molar refractivity (Wildman–Crippen MR) is 97.7 cm³/mol. The average Bonchev–Trinajstić information content (AvgIpc) is 3.26. The molecule has 0 N–H and O–H groups in total. The zero-order valence-electron chi connectivity index (χ0n) is 14.4. The zero-order valence-corrected chi connectivity index (χ0v) is 15.2. The average molecular weight is 369 g/mol. The van der Waals surface area contributed by atoms with Crippen LogP contribution in [0.15, 0.2) is 46.1 Å². The molecule has 1 aromatic carbocycles. The van der Waals surface area contributed by atoms with Crippen LogP contribution in [0.1, 0.15) is 11.1 Å². The van der Waals surface area contributed by atoms with Crippen molar-refractivity contribution >= 4 is 21.7 Å². The molecule has 26 heavy (non-hydrogen) atoms. The van der Waals surface area contributed by atoms with Gasteiger partial charge in [-0.25, -0.2) is 9.97 Å². The molecule has 0 aliphatic carbocycles. The highest BCUT2D eigenvalue weighted by molar-refractivity contribution is 7.90. The van der Waals surface area contributed by atoms with E-state index in [1.165, 1.54) is 0 Å². The van der Waals surface area contributed by atoms with E-state index in [2.05, 4.69) is 24.2 Å². The molecule has 0 spiro atoms. The van der Waals surface area contributed by atoms with E-state index >= 15 is 0 Å². The second-order valence-corrected chi connectivity index (χ2v) is 8.82. The molecule has 1 aromatic heterocycles. The van der Waals surface area contributed by atoms with Crippen molar-refractivity contribution in [3.05, 3.63) is 47.9 Å². The maximum absolute atomic E-state index is 12.3. The molecule has 0 amide bonds. The van der Waals surface area contributed by atoms with E-state index in [4.69, 9.17) is 0 Å². The topological polar surface area (TPSA) is 78.8 Å². The van der Waals surface area contributed by atoms with Crippen LogP contribution < -0.4 is 4.90 Å². The van der Waals surface area contributed by atoms with E-state index < -0.39 is 10.0 Å². The highest BCUT2D eigenvalue weighted by Gasteiger charge is 2.44. The van der Waals surface area contributed by atoms with Crippen LogP contribution in [0.4, 0.5) is 5.82 Å². The first kappa shape index (κ1) is 15.7. The first-order valence-electron chi connectivity index (χ1n) is 8.74. The van der Waals surface area contributed by atoms with Crippen LogP contribution in [0.25, 0.3) is 0 Å². The second kappa shape index (κ2) is 5.51. The molecule has 0 saturated carbocycles. The Kier molecular flexibility index (Phi) is 3.34. The van der Waals surface area contributed by atoms with Crippen LogP contribution in [-0.2, 0) is 10.0 Å². The van der Waals surface area contributed by atoms with Crippen LogP contribution >= 0.6 is 0 Å². The number of rotatable bonds is 1. The molecule has 2 aromatic rings. The highest BCUT2D eigenvalue weighted by Crippen LogP contribution is 2.37. The van der Waals surface area contributed by atoms with Gasteiger partial charge in [0.2, 0.25) is 0 Å². The molecule has 0 bridgehead atoms. The van der Waals surface area contributed by atoms with Gasteiger partial charge in [0.1, 0.15) is 17.0 Å². The molecule has 3 aliphatic heterocycles. The van der Waals surface area contributed by atoms with Gasteiger partial charge in [-0.15, -0.1) is 4.40 Å². The van der Waals surface area contributed by atoms with Crippen molar-refractivity contribution in [3.8, 4) is 0 Å². The van der Waals surface area contributed by atoms with Gasteiger partial charge in [0.05, 0.1) is 0 Å². The van der Waals surface area contributed by atoms with Crippen molar-refractivity contribution in [3.63, 3.8) is 0 Å². The van der Waals surface area contributed by atoms with Gasteiger partial charge >= 0.3 is 0 Å². The van der Waals surface area contributed by atoms with Gasteiger partial charge in [0.15, 0.2) is 5.84 Å². The third-order valence-corrected chi connectivity index (χ3v) is 6.89. The molecule has 7 nitrogen and oxygen atoms in total. The van der Waals surface area contributed by atoms with E-state index in [1.54, 1.807) is 18.5 Å². The molecule has 4 heterocycles. The smallest absolute Gasteiger partial charge is 0.285 e. The first-order valence-corrected chi connectivity index (χ1v) is 10.2. The summed E-state index contributed by atoms with van der Waals surface area (Å²) < 4.78 is 28.7. The summed E-state index contributed by atoms with van der Waals surface area (Å²) in [7, 11) is -3.56. The second-order valence-electron chi connectivity index (χ2n) is 7.25. The standard InChI is InChI=1S/C18H19N5O2S/c1-12-6-19-11-20-17(12)22-7-13-9-23(10-14(13)8-22)18-15-4-2-3-5-16(15)26(24,25)21-18/h2-6,11,13-14H,7-10H2,1H3. The van der Waals surface area contributed by atoms with Gasteiger partial charge in [0, 0.05) is 55.3 Å². The Labute approximate surface area is 152 Å². The van der Waals surface area contributed by atoms with E-state index in [-0.39, 0.29) is 0 Å². The summed E-state index contributed by atoms with van der Waals surface area (Å²) in [6, 6.07) is 7.10. The van der Waals surface area contributed by atoms with Gasteiger partial charge in [-0.2, -0.15) is 8.42 Å². The van der Waals surface area contributed by atoms with Crippen molar-refractivity contribution in [1.82, 2.24) is 14.9 Å². The van der Waals surface area contributed by atoms with Crippen molar-refractivity contribution in [2.75, 3.05) is 31.1 Å². The molecule has 2 fully saturated rings. The van der Waals surface area contributed by atoms with Crippen molar-refractivity contribution in [2.24, 2.45) is 16.2 Å². The Morgan fingerprint density at radius 2 is 1.73 bits per heavy atom. The molecule has 0 radical (unpaired) electrons. The Hall–Kier alpha value is -2.48. The number of anilines is 1. The quantitative estimate of drug-likeness (QED) is 0.754.